The molecule has 0 aromatic rings. The minimum Gasteiger partial charge on any atom is -0.356 e. The molecular formula is C17H32N4O4. The number of nitrogens with one attached hydrogen (secondary N) is 2. The third-order valence-corrected chi connectivity index (χ3v) is 3.88. The molecule has 0 fully saturated rings. The molecule has 4 unspecified atom stereocenters. The summed E-state index contributed by atoms with van der Waals surface area (Å²) in [4.78, 5) is 46.7. The predicted octanol–water partition coefficient (Wildman–Crippen LogP) is -0.506. The molecule has 0 aromatic heterocycles. The molecule has 144 valence electrons. The number of rotatable bonds is 12. The molecule has 0 saturated heterocycles. The topological polar surface area (TPSA) is 144 Å². The van der Waals surface area contributed by atoms with E-state index in [1.54, 1.807) is 27.7 Å². The molecule has 0 heterocycles. The van der Waals surface area contributed by atoms with E-state index in [-0.39, 0.29) is 36.2 Å². The van der Waals surface area contributed by atoms with Crippen LogP contribution in [0.5, 0.6) is 0 Å². The fourth-order valence-electron chi connectivity index (χ4n) is 2.02. The molecule has 4 atom stereocenters. The van der Waals surface area contributed by atoms with E-state index in [1.165, 1.54) is 0 Å². The number of hydrogen-bond acceptors (Lipinski definition) is 6. The molecule has 25 heavy (non-hydrogen) atoms. The van der Waals surface area contributed by atoms with Crippen molar-refractivity contribution in [2.45, 2.75) is 59.0 Å². The average molecular weight is 356 g/mol. The summed E-state index contributed by atoms with van der Waals surface area (Å²) in [7, 11) is 0. The van der Waals surface area contributed by atoms with Crippen LogP contribution in [-0.4, -0.2) is 48.6 Å². The Hall–Kier alpha value is -1.80. The van der Waals surface area contributed by atoms with E-state index >= 15 is 0 Å². The highest BCUT2D eigenvalue weighted by molar-refractivity contribution is 5.89. The Morgan fingerprint density at radius 3 is 1.32 bits per heavy atom. The first-order valence-corrected chi connectivity index (χ1v) is 8.68. The molecule has 0 rings (SSSR count). The molecule has 0 aliphatic heterocycles. The zero-order chi connectivity index (χ0) is 19.6. The Morgan fingerprint density at radius 2 is 1.04 bits per heavy atom. The van der Waals surface area contributed by atoms with Crippen molar-refractivity contribution >= 4 is 23.4 Å². The van der Waals surface area contributed by atoms with Crippen LogP contribution in [0.4, 0.5) is 0 Å². The normalized spacial score (nSPS) is 15.6. The summed E-state index contributed by atoms with van der Waals surface area (Å²) in [6.07, 6.45) is 0.788. The second-order valence-electron chi connectivity index (χ2n) is 6.66. The Balaban J connectivity index is 3.94. The van der Waals surface area contributed by atoms with Gasteiger partial charge in [0.25, 0.3) is 0 Å². The van der Waals surface area contributed by atoms with Gasteiger partial charge in [-0.1, -0.05) is 13.8 Å². The molecule has 0 bridgehead atoms. The lowest BCUT2D eigenvalue weighted by molar-refractivity contribution is -0.129. The molecule has 0 spiro atoms. The quantitative estimate of drug-likeness (QED) is 0.347. The van der Waals surface area contributed by atoms with Gasteiger partial charge in [0.15, 0.2) is 0 Å². The van der Waals surface area contributed by atoms with Crippen molar-refractivity contribution in [3.8, 4) is 0 Å². The summed E-state index contributed by atoms with van der Waals surface area (Å²) in [5.74, 6) is -1.59. The number of carbonyl (C=O) groups is 4. The van der Waals surface area contributed by atoms with Crippen molar-refractivity contribution in [3.05, 3.63) is 0 Å². The van der Waals surface area contributed by atoms with Crippen LogP contribution < -0.4 is 22.1 Å². The van der Waals surface area contributed by atoms with Gasteiger partial charge < -0.3 is 22.1 Å². The Morgan fingerprint density at radius 1 is 0.720 bits per heavy atom. The van der Waals surface area contributed by atoms with Crippen molar-refractivity contribution in [2.75, 3.05) is 13.1 Å². The summed E-state index contributed by atoms with van der Waals surface area (Å²) in [6.45, 7) is 7.33. The maximum Gasteiger partial charge on any atom is 0.223 e. The molecule has 0 aliphatic carbocycles. The van der Waals surface area contributed by atoms with E-state index < -0.39 is 23.9 Å². The minimum atomic E-state index is -0.568. The van der Waals surface area contributed by atoms with Gasteiger partial charge in [0.2, 0.25) is 11.8 Å². The maximum absolute atomic E-state index is 11.9. The number of Topliss-reactive ketones (excluding diaryl/α,β-unsaturated/α-hetero) is 2. The Kier molecular flexibility index (Phi) is 10.9. The molecule has 0 aliphatic rings. The first kappa shape index (κ1) is 23.2. The van der Waals surface area contributed by atoms with E-state index in [0.717, 1.165) is 0 Å². The van der Waals surface area contributed by atoms with Crippen LogP contribution in [0.25, 0.3) is 0 Å². The molecular weight excluding hydrogens is 324 g/mol. The fourth-order valence-corrected chi connectivity index (χ4v) is 2.02. The Bertz CT molecular complexity index is 435. The smallest absolute Gasteiger partial charge is 0.223 e. The van der Waals surface area contributed by atoms with Crippen LogP contribution in [-0.2, 0) is 19.2 Å². The lowest BCUT2D eigenvalue weighted by Crippen LogP contribution is -2.37. The summed E-state index contributed by atoms with van der Waals surface area (Å²) in [6, 6.07) is -1.14. The molecule has 2 amide bonds. The summed E-state index contributed by atoms with van der Waals surface area (Å²) >= 11 is 0. The zero-order valence-electron chi connectivity index (χ0n) is 15.6. The van der Waals surface area contributed by atoms with Crippen LogP contribution in [0.2, 0.25) is 0 Å². The molecule has 0 aromatic carbocycles. The third-order valence-electron chi connectivity index (χ3n) is 3.88. The standard InChI is InChI=1S/C17H32N4O4/c1-10(8-14(22)12(3)18)16(24)20-6-5-7-21-17(25)11(2)9-15(23)13(4)19/h10-13H,5-9,18-19H2,1-4H3,(H,20,24)(H,21,25). The van der Waals surface area contributed by atoms with E-state index in [2.05, 4.69) is 10.6 Å². The summed E-state index contributed by atoms with van der Waals surface area (Å²) in [5, 5.41) is 5.45. The largest absolute Gasteiger partial charge is 0.356 e. The number of carbonyl (C=O) groups excluding carboxylic acids is 4. The fraction of sp³-hybridized carbons (Fsp3) is 0.765. The van der Waals surface area contributed by atoms with Crippen molar-refractivity contribution in [1.29, 1.82) is 0 Å². The molecule has 0 saturated carbocycles. The maximum atomic E-state index is 11.9. The number of nitrogens with two attached hydrogens (primary N) is 2. The van der Waals surface area contributed by atoms with Crippen LogP contribution in [0.1, 0.15) is 47.0 Å². The van der Waals surface area contributed by atoms with Gasteiger partial charge in [0.05, 0.1) is 12.1 Å². The Labute approximate surface area is 149 Å². The van der Waals surface area contributed by atoms with Crippen molar-refractivity contribution in [2.24, 2.45) is 23.3 Å². The zero-order valence-corrected chi connectivity index (χ0v) is 15.6. The number of ketones is 2. The number of hydrogen-bond donors (Lipinski definition) is 4. The highest BCUT2D eigenvalue weighted by Gasteiger charge is 2.20. The summed E-state index contributed by atoms with van der Waals surface area (Å²) < 4.78 is 0. The van der Waals surface area contributed by atoms with E-state index in [1.807, 2.05) is 0 Å². The number of amides is 2. The molecule has 8 nitrogen and oxygen atoms in total. The second kappa shape index (κ2) is 11.7. The van der Waals surface area contributed by atoms with E-state index in [0.29, 0.717) is 19.5 Å². The molecule has 6 N–H and O–H groups in total. The van der Waals surface area contributed by atoms with Gasteiger partial charge in [0, 0.05) is 37.8 Å². The van der Waals surface area contributed by atoms with Crippen molar-refractivity contribution < 1.29 is 19.2 Å². The van der Waals surface area contributed by atoms with E-state index in [4.69, 9.17) is 11.5 Å². The SMILES string of the molecule is CC(N)C(=O)CC(C)C(=O)NCCCNC(=O)C(C)CC(=O)C(C)N. The van der Waals surface area contributed by atoms with Gasteiger partial charge in [-0.2, -0.15) is 0 Å². The van der Waals surface area contributed by atoms with E-state index in [9.17, 15) is 19.2 Å². The van der Waals surface area contributed by atoms with Crippen LogP contribution in [0, 0.1) is 11.8 Å². The van der Waals surface area contributed by atoms with Gasteiger partial charge >= 0.3 is 0 Å². The molecule has 8 heteroatoms. The van der Waals surface area contributed by atoms with Crippen LogP contribution >= 0.6 is 0 Å². The first-order valence-electron chi connectivity index (χ1n) is 8.68. The van der Waals surface area contributed by atoms with Gasteiger partial charge in [-0.05, 0) is 20.3 Å². The highest BCUT2D eigenvalue weighted by Crippen LogP contribution is 2.05. The first-order chi connectivity index (χ1) is 11.6. The highest BCUT2D eigenvalue weighted by atomic mass is 16.2. The lowest BCUT2D eigenvalue weighted by atomic mass is 10.0. The van der Waals surface area contributed by atoms with Crippen LogP contribution in [0.3, 0.4) is 0 Å². The second-order valence-corrected chi connectivity index (χ2v) is 6.66. The molecule has 0 radical (unpaired) electrons. The summed E-state index contributed by atoms with van der Waals surface area (Å²) in [5.41, 5.74) is 10.9. The van der Waals surface area contributed by atoms with Crippen molar-refractivity contribution in [1.82, 2.24) is 10.6 Å². The monoisotopic (exact) mass is 356 g/mol. The average Bonchev–Trinajstić information content (AvgIpc) is 2.53. The van der Waals surface area contributed by atoms with Gasteiger partial charge in [0.1, 0.15) is 11.6 Å². The third kappa shape index (κ3) is 9.93. The predicted molar refractivity (Wildman–Crippen MR) is 95.5 cm³/mol. The van der Waals surface area contributed by atoms with Gasteiger partial charge in [-0.3, -0.25) is 19.2 Å². The van der Waals surface area contributed by atoms with Crippen LogP contribution in [0.15, 0.2) is 0 Å². The minimum absolute atomic E-state index is 0.116. The van der Waals surface area contributed by atoms with Crippen molar-refractivity contribution in [3.63, 3.8) is 0 Å². The van der Waals surface area contributed by atoms with Gasteiger partial charge in [-0.25, -0.2) is 0 Å². The lowest BCUT2D eigenvalue weighted by Gasteiger charge is -2.14. The van der Waals surface area contributed by atoms with Gasteiger partial charge in [-0.15, -0.1) is 0 Å².